The smallest absolute Gasteiger partial charge is 1.00 e. The zero-order chi connectivity index (χ0) is 5.86. The average Bonchev–Trinajstić information content (AvgIpc) is 1.27. The van der Waals surface area contributed by atoms with Crippen LogP contribution in [-0.2, 0) is 0 Å². The van der Waals surface area contributed by atoms with Crippen molar-refractivity contribution in [2.75, 3.05) is 0 Å². The molecule has 0 rings (SSSR count). The first-order valence-corrected chi connectivity index (χ1v) is 2.89. The summed E-state index contributed by atoms with van der Waals surface area (Å²) in [7, 11) is 0. The summed E-state index contributed by atoms with van der Waals surface area (Å²) in [5.74, 6) is 0. The molecular weight excluding hydrogens is 93.0 g/mol. The van der Waals surface area contributed by atoms with Crippen LogP contribution >= 0.6 is 0 Å². The van der Waals surface area contributed by atoms with Gasteiger partial charge in [-0.15, -0.1) is 0 Å². The zero-order valence-corrected chi connectivity index (χ0v) is 6.65. The van der Waals surface area contributed by atoms with E-state index in [-0.39, 0.29) is 21.7 Å². The molecule has 0 aliphatic rings. The first-order chi connectivity index (χ1) is 3.13. The molecule has 0 radical (unpaired) electrons. The first kappa shape index (κ1) is 11.4. The van der Waals surface area contributed by atoms with Gasteiger partial charge in [-0.25, -0.2) is 0 Å². The van der Waals surface area contributed by atoms with Gasteiger partial charge in [0.15, 0.2) is 0 Å². The van der Waals surface area contributed by atoms with Gasteiger partial charge in [-0.3, -0.25) is 0 Å². The van der Waals surface area contributed by atoms with Crippen molar-refractivity contribution in [2.45, 2.75) is 39.8 Å². The van der Waals surface area contributed by atoms with Crippen LogP contribution in [0.1, 0.15) is 30.5 Å². The Balaban J connectivity index is -0.0000000600. The molecule has 0 aromatic carbocycles. The standard InChI is InChI=1S/C6H15N.Li.H2.H/c1-5(2)7-6(3)4;;;/h5-7H,1-4H3;;1H;/q;+1;;-1. The molecule has 48 valence electrons. The molecule has 0 unspecified atom stereocenters. The molecule has 1 nitrogen and oxygen atoms in total. The van der Waals surface area contributed by atoms with Crippen LogP contribution in [0.2, 0.25) is 0 Å². The van der Waals surface area contributed by atoms with Gasteiger partial charge in [0.05, 0.1) is 0 Å². The van der Waals surface area contributed by atoms with Crippen LogP contribution in [0.25, 0.3) is 0 Å². The van der Waals surface area contributed by atoms with Crippen LogP contribution in [0.15, 0.2) is 0 Å². The molecule has 1 N–H and O–H groups in total. The molecule has 0 aromatic rings. The molecule has 0 aromatic heterocycles. The third-order valence-corrected chi connectivity index (χ3v) is 0.667. The van der Waals surface area contributed by atoms with Gasteiger partial charge < -0.3 is 6.74 Å². The van der Waals surface area contributed by atoms with Gasteiger partial charge >= 0.3 is 18.9 Å². The van der Waals surface area contributed by atoms with E-state index in [1.165, 1.54) is 0 Å². The topological polar surface area (TPSA) is 12.0 Å². The van der Waals surface area contributed by atoms with E-state index in [4.69, 9.17) is 0 Å². The summed E-state index contributed by atoms with van der Waals surface area (Å²) in [6.45, 7) is 8.61. The van der Waals surface area contributed by atoms with Gasteiger partial charge in [0.2, 0.25) is 0 Å². The Morgan fingerprint density at radius 3 is 1.38 bits per heavy atom. The number of hydrogen-bond acceptors (Lipinski definition) is 1. The van der Waals surface area contributed by atoms with Crippen molar-refractivity contribution in [1.29, 1.82) is 0 Å². The van der Waals surface area contributed by atoms with Gasteiger partial charge in [0.1, 0.15) is 0 Å². The third kappa shape index (κ3) is 9.75. The minimum atomic E-state index is 0. The summed E-state index contributed by atoms with van der Waals surface area (Å²) < 4.78 is 0. The molecule has 0 bridgehead atoms. The molecule has 0 aliphatic heterocycles. The van der Waals surface area contributed by atoms with Gasteiger partial charge in [-0.2, -0.15) is 0 Å². The largest absolute Gasteiger partial charge is 1.00 e. The normalized spacial score (nSPS) is 9.75. The molecule has 0 saturated heterocycles. The van der Waals surface area contributed by atoms with Crippen molar-refractivity contribution in [2.24, 2.45) is 0 Å². The Hall–Kier alpha value is 0.557. The fourth-order valence-electron chi connectivity index (χ4n) is 0.667. The summed E-state index contributed by atoms with van der Waals surface area (Å²) in [4.78, 5) is 0. The van der Waals surface area contributed by atoms with E-state index in [1.54, 1.807) is 0 Å². The predicted octanol–water partition coefficient (Wildman–Crippen LogP) is -1.24. The Morgan fingerprint density at radius 2 is 1.38 bits per heavy atom. The Morgan fingerprint density at radius 1 is 1.12 bits per heavy atom. The maximum absolute atomic E-state index is 3.31. The van der Waals surface area contributed by atoms with E-state index in [9.17, 15) is 0 Å². The molecule has 0 saturated carbocycles. The molecule has 2 heteroatoms. The van der Waals surface area contributed by atoms with Gasteiger partial charge in [-0.1, -0.05) is 27.7 Å². The summed E-state index contributed by atoms with van der Waals surface area (Å²) in [6, 6.07) is 1.25. The van der Waals surface area contributed by atoms with Crippen molar-refractivity contribution in [3.05, 3.63) is 0 Å². The van der Waals surface area contributed by atoms with E-state index in [2.05, 4.69) is 33.0 Å². The van der Waals surface area contributed by atoms with Crippen LogP contribution in [-0.4, -0.2) is 12.1 Å². The second-order valence-corrected chi connectivity index (χ2v) is 2.48. The van der Waals surface area contributed by atoms with Crippen LogP contribution in [0.4, 0.5) is 0 Å². The minimum Gasteiger partial charge on any atom is -1.00 e. The number of hydrogen-bond donors (Lipinski definition) is 1. The fraction of sp³-hybridized carbons (Fsp3) is 1.00. The quantitative estimate of drug-likeness (QED) is 0.439. The van der Waals surface area contributed by atoms with Crippen LogP contribution < -0.4 is 24.2 Å². The maximum Gasteiger partial charge on any atom is 1.00 e. The van der Waals surface area contributed by atoms with Crippen LogP contribution in [0.5, 0.6) is 0 Å². The minimum absolute atomic E-state index is 0. The SMILES string of the molecule is CC(C)NC(C)C.[H-].[HH].[Li+]. The Labute approximate surface area is 67.4 Å². The van der Waals surface area contributed by atoms with Gasteiger partial charge in [0.25, 0.3) is 0 Å². The fourth-order valence-corrected chi connectivity index (χ4v) is 0.667. The average molecular weight is 111 g/mol. The van der Waals surface area contributed by atoms with Crippen LogP contribution in [0, 0.1) is 0 Å². The second kappa shape index (κ2) is 5.69. The van der Waals surface area contributed by atoms with Crippen molar-refractivity contribution in [3.8, 4) is 0 Å². The van der Waals surface area contributed by atoms with Crippen molar-refractivity contribution in [1.82, 2.24) is 5.32 Å². The zero-order valence-electron chi connectivity index (χ0n) is 7.65. The molecule has 0 aliphatic carbocycles. The number of nitrogens with one attached hydrogen (secondary N) is 1. The summed E-state index contributed by atoms with van der Waals surface area (Å²) >= 11 is 0. The molecule has 0 atom stereocenters. The second-order valence-electron chi connectivity index (χ2n) is 2.48. The molecule has 0 fully saturated rings. The van der Waals surface area contributed by atoms with Crippen molar-refractivity contribution in [3.63, 3.8) is 0 Å². The summed E-state index contributed by atoms with van der Waals surface area (Å²) in [6.07, 6.45) is 0. The summed E-state index contributed by atoms with van der Waals surface area (Å²) in [5, 5.41) is 3.31. The Kier molecular flexibility index (Phi) is 8.08. The number of rotatable bonds is 2. The van der Waals surface area contributed by atoms with E-state index in [1.807, 2.05) is 0 Å². The molecule has 0 spiro atoms. The molecular formula is C6H18LiN. The van der Waals surface area contributed by atoms with E-state index >= 15 is 0 Å². The van der Waals surface area contributed by atoms with Crippen molar-refractivity contribution >= 4 is 0 Å². The molecule has 0 amide bonds. The molecule has 8 heavy (non-hydrogen) atoms. The third-order valence-electron chi connectivity index (χ3n) is 0.667. The van der Waals surface area contributed by atoms with Crippen LogP contribution in [0.3, 0.4) is 0 Å². The van der Waals surface area contributed by atoms with E-state index in [0.29, 0.717) is 12.1 Å². The van der Waals surface area contributed by atoms with E-state index < -0.39 is 0 Å². The monoisotopic (exact) mass is 111 g/mol. The van der Waals surface area contributed by atoms with Gasteiger partial charge in [-0.05, 0) is 0 Å². The van der Waals surface area contributed by atoms with Gasteiger partial charge in [0, 0.05) is 13.5 Å². The van der Waals surface area contributed by atoms with Crippen molar-refractivity contribution < 1.29 is 21.7 Å². The molecule has 0 heterocycles. The predicted molar refractivity (Wildman–Crippen MR) is 36.6 cm³/mol. The maximum atomic E-state index is 3.31. The van der Waals surface area contributed by atoms with E-state index in [0.717, 1.165) is 0 Å². The first-order valence-electron chi connectivity index (χ1n) is 2.89. The summed E-state index contributed by atoms with van der Waals surface area (Å²) in [5.41, 5.74) is 0. The Bertz CT molecular complexity index is 45.0.